The molecule has 0 aliphatic carbocycles. The lowest BCUT2D eigenvalue weighted by atomic mass is 10.0. The number of benzene rings is 2. The number of fused-ring (bicyclic) bond motifs is 2. The molecule has 0 saturated carbocycles. The number of likely N-dealkylation sites (tertiary alicyclic amines) is 2. The van der Waals surface area contributed by atoms with Crippen molar-refractivity contribution in [2.75, 3.05) is 26.2 Å². The molecular weight excluding hydrogens is 467 g/mol. The van der Waals surface area contributed by atoms with Gasteiger partial charge in [-0.05, 0) is 42.3 Å². The molecule has 2 unspecified atom stereocenters. The number of halogens is 3. The van der Waals surface area contributed by atoms with Gasteiger partial charge in [0.1, 0.15) is 5.75 Å². The summed E-state index contributed by atoms with van der Waals surface area (Å²) < 4.78 is 45.7. The molecule has 2 atom stereocenters. The van der Waals surface area contributed by atoms with E-state index in [0.29, 0.717) is 49.3 Å². The second-order valence-corrected chi connectivity index (χ2v) is 8.95. The third-order valence-corrected chi connectivity index (χ3v) is 6.58. The first-order valence-electron chi connectivity index (χ1n) is 11.2. The number of nitrogens with one attached hydrogen (secondary N) is 1. The molecule has 11 heteroatoms. The summed E-state index contributed by atoms with van der Waals surface area (Å²) >= 11 is 0. The van der Waals surface area contributed by atoms with Crippen LogP contribution >= 0.6 is 0 Å². The van der Waals surface area contributed by atoms with Crippen LogP contribution in [0.3, 0.4) is 0 Å². The van der Waals surface area contributed by atoms with Gasteiger partial charge in [0, 0.05) is 50.0 Å². The highest BCUT2D eigenvalue weighted by atomic mass is 19.4. The number of hydrogen-bond acceptors (Lipinski definition) is 5. The maximum atomic E-state index is 12.9. The van der Waals surface area contributed by atoms with Crippen LogP contribution in [0.1, 0.15) is 22.3 Å². The predicted octanol–water partition coefficient (Wildman–Crippen LogP) is 3.18. The minimum absolute atomic E-state index is 0.0131. The fourth-order valence-corrected chi connectivity index (χ4v) is 4.89. The number of oxazole rings is 1. The zero-order valence-electron chi connectivity index (χ0n) is 18.5. The number of carbonyl (C=O) groups excluding carboxylic acids is 2. The molecule has 35 heavy (non-hydrogen) atoms. The quantitative estimate of drug-likeness (QED) is 0.594. The number of nitrogens with zero attached hydrogens (tertiary/aromatic N) is 2. The SMILES string of the molecule is O=C(CCc1ccc(OC(F)(F)F)cc1)N1CC2CN(C(=O)c3ccc4[nH]c(=O)oc4c3)CC2C1. The highest BCUT2D eigenvalue weighted by Gasteiger charge is 2.43. The topological polar surface area (TPSA) is 95.9 Å². The Hall–Kier alpha value is -3.76. The lowest BCUT2D eigenvalue weighted by Crippen LogP contribution is -2.35. The van der Waals surface area contributed by atoms with E-state index in [1.807, 2.05) is 0 Å². The second-order valence-electron chi connectivity index (χ2n) is 8.95. The molecule has 8 nitrogen and oxygen atoms in total. The van der Waals surface area contributed by atoms with Gasteiger partial charge in [-0.3, -0.25) is 14.6 Å². The van der Waals surface area contributed by atoms with Crippen molar-refractivity contribution >= 4 is 22.9 Å². The molecule has 2 amide bonds. The molecule has 2 aromatic carbocycles. The largest absolute Gasteiger partial charge is 0.573 e. The molecule has 0 radical (unpaired) electrons. The average molecular weight is 489 g/mol. The smallest absolute Gasteiger partial charge is 0.408 e. The molecule has 2 aliphatic rings. The van der Waals surface area contributed by atoms with Gasteiger partial charge >= 0.3 is 12.1 Å². The van der Waals surface area contributed by atoms with Gasteiger partial charge in [0.15, 0.2) is 5.58 Å². The van der Waals surface area contributed by atoms with Gasteiger partial charge in [-0.25, -0.2) is 4.79 Å². The zero-order chi connectivity index (χ0) is 24.7. The number of amides is 2. The van der Waals surface area contributed by atoms with Crippen LogP contribution in [0, 0.1) is 11.8 Å². The summed E-state index contributed by atoms with van der Waals surface area (Å²) in [7, 11) is 0. The number of H-pyrrole nitrogens is 1. The highest BCUT2D eigenvalue weighted by Crippen LogP contribution is 2.32. The number of carbonyl (C=O) groups is 2. The number of aromatic amines is 1. The van der Waals surface area contributed by atoms with E-state index in [1.165, 1.54) is 24.3 Å². The van der Waals surface area contributed by atoms with Crippen LogP contribution in [0.15, 0.2) is 51.7 Å². The van der Waals surface area contributed by atoms with E-state index in [9.17, 15) is 27.6 Å². The molecule has 0 spiro atoms. The number of rotatable bonds is 5. The summed E-state index contributed by atoms with van der Waals surface area (Å²) in [4.78, 5) is 43.1. The lowest BCUT2D eigenvalue weighted by Gasteiger charge is -2.22. The van der Waals surface area contributed by atoms with Crippen molar-refractivity contribution in [3.8, 4) is 5.75 Å². The first-order chi connectivity index (χ1) is 16.6. The Morgan fingerprint density at radius 1 is 1.00 bits per heavy atom. The van der Waals surface area contributed by atoms with Gasteiger partial charge in [0.2, 0.25) is 5.91 Å². The van der Waals surface area contributed by atoms with Crippen LogP contribution in [0.5, 0.6) is 5.75 Å². The summed E-state index contributed by atoms with van der Waals surface area (Å²) in [5, 5.41) is 0. The Kier molecular flexibility index (Phi) is 5.78. The van der Waals surface area contributed by atoms with Gasteiger partial charge in [-0.15, -0.1) is 13.2 Å². The van der Waals surface area contributed by atoms with Crippen LogP contribution in [0.4, 0.5) is 13.2 Å². The van der Waals surface area contributed by atoms with Gasteiger partial charge in [-0.2, -0.15) is 0 Å². The van der Waals surface area contributed by atoms with Gasteiger partial charge in [-0.1, -0.05) is 12.1 Å². The molecule has 1 aromatic heterocycles. The van der Waals surface area contributed by atoms with Crippen molar-refractivity contribution in [3.05, 3.63) is 64.1 Å². The number of hydrogen-bond donors (Lipinski definition) is 1. The fraction of sp³-hybridized carbons (Fsp3) is 0.375. The predicted molar refractivity (Wildman–Crippen MR) is 118 cm³/mol. The molecule has 3 heterocycles. The maximum absolute atomic E-state index is 12.9. The van der Waals surface area contributed by atoms with Crippen molar-refractivity contribution in [2.24, 2.45) is 11.8 Å². The molecular formula is C24H22F3N3O5. The van der Waals surface area contributed by atoms with E-state index in [0.717, 1.165) is 5.56 Å². The van der Waals surface area contributed by atoms with Crippen LogP contribution < -0.4 is 10.5 Å². The van der Waals surface area contributed by atoms with Crippen LogP contribution in [-0.2, 0) is 11.2 Å². The van der Waals surface area contributed by atoms with Gasteiger partial charge < -0.3 is 19.0 Å². The van der Waals surface area contributed by atoms with E-state index in [-0.39, 0.29) is 35.8 Å². The van der Waals surface area contributed by atoms with E-state index >= 15 is 0 Å². The first-order valence-corrected chi connectivity index (χ1v) is 11.2. The molecule has 2 saturated heterocycles. The number of alkyl halides is 3. The molecule has 2 fully saturated rings. The third-order valence-electron chi connectivity index (χ3n) is 6.58. The van der Waals surface area contributed by atoms with Crippen LogP contribution in [-0.4, -0.2) is 59.1 Å². The molecule has 5 rings (SSSR count). The van der Waals surface area contributed by atoms with Crippen LogP contribution in [0.25, 0.3) is 11.1 Å². The van der Waals surface area contributed by atoms with Gasteiger partial charge in [0.25, 0.3) is 5.91 Å². The monoisotopic (exact) mass is 489 g/mol. The Labute approximate surface area is 197 Å². The fourth-order valence-electron chi connectivity index (χ4n) is 4.89. The summed E-state index contributed by atoms with van der Waals surface area (Å²) in [6, 6.07) is 10.4. The van der Waals surface area contributed by atoms with Crippen molar-refractivity contribution < 1.29 is 31.9 Å². The minimum atomic E-state index is -4.74. The normalized spacial score (nSPS) is 19.9. The molecule has 2 aliphatic heterocycles. The van der Waals surface area contributed by atoms with Crippen LogP contribution in [0.2, 0.25) is 0 Å². The summed E-state index contributed by atoms with van der Waals surface area (Å²) in [5.74, 6) is -0.637. The average Bonchev–Trinajstić information content (AvgIpc) is 3.48. The van der Waals surface area contributed by atoms with E-state index in [4.69, 9.17) is 4.42 Å². The zero-order valence-corrected chi connectivity index (χ0v) is 18.5. The lowest BCUT2D eigenvalue weighted by molar-refractivity contribution is -0.274. The number of aryl methyl sites for hydroxylation is 1. The summed E-state index contributed by atoms with van der Waals surface area (Å²) in [5.41, 5.74) is 2.06. The summed E-state index contributed by atoms with van der Waals surface area (Å²) in [6.07, 6.45) is -4.07. The molecule has 0 bridgehead atoms. The highest BCUT2D eigenvalue weighted by molar-refractivity contribution is 5.97. The Morgan fingerprint density at radius 3 is 2.31 bits per heavy atom. The third kappa shape index (κ3) is 5.03. The number of aromatic nitrogens is 1. The number of ether oxygens (including phenoxy) is 1. The Balaban J connectivity index is 1.12. The Bertz CT molecular complexity index is 1300. The van der Waals surface area contributed by atoms with E-state index in [2.05, 4.69) is 9.72 Å². The standard InChI is InChI=1S/C24H22F3N3O5/c25-24(26,27)35-18-5-1-14(2-6-18)3-8-21(31)29-10-16-12-30(13-17(16)11-29)22(32)15-4-7-19-20(9-15)34-23(33)28-19/h1-2,4-7,9,16-17H,3,8,10-13H2,(H,28,33). The molecule has 1 N–H and O–H groups in total. The van der Waals surface area contributed by atoms with E-state index in [1.54, 1.807) is 28.0 Å². The summed E-state index contributed by atoms with van der Waals surface area (Å²) in [6.45, 7) is 2.22. The second kappa shape index (κ2) is 8.79. The van der Waals surface area contributed by atoms with Gasteiger partial charge in [0.05, 0.1) is 5.52 Å². The minimum Gasteiger partial charge on any atom is -0.408 e. The molecule has 184 valence electrons. The molecule has 3 aromatic rings. The maximum Gasteiger partial charge on any atom is 0.573 e. The Morgan fingerprint density at radius 2 is 1.66 bits per heavy atom. The van der Waals surface area contributed by atoms with Crippen molar-refractivity contribution in [1.82, 2.24) is 14.8 Å². The van der Waals surface area contributed by atoms with Crippen molar-refractivity contribution in [3.63, 3.8) is 0 Å². The van der Waals surface area contributed by atoms with E-state index < -0.39 is 12.1 Å². The van der Waals surface area contributed by atoms with Crippen molar-refractivity contribution in [1.29, 1.82) is 0 Å². The van der Waals surface area contributed by atoms with Crippen molar-refractivity contribution in [2.45, 2.75) is 19.2 Å². The first kappa shape index (κ1) is 23.0.